The Morgan fingerprint density at radius 1 is 1.26 bits per heavy atom. The van der Waals surface area contributed by atoms with E-state index < -0.39 is 0 Å². The highest BCUT2D eigenvalue weighted by atomic mass is 16.5. The first-order chi connectivity index (χ1) is 11.1. The summed E-state index contributed by atoms with van der Waals surface area (Å²) in [6.07, 6.45) is 1.78. The normalized spacial score (nSPS) is 19.2. The average molecular weight is 314 g/mol. The topological polar surface area (TPSA) is 50.6 Å². The molecule has 0 bridgehead atoms. The molecule has 3 rings (SSSR count). The summed E-state index contributed by atoms with van der Waals surface area (Å²) in [6.45, 7) is 4.15. The van der Waals surface area contributed by atoms with Crippen molar-refractivity contribution in [1.29, 1.82) is 0 Å². The molecule has 1 fully saturated rings. The Labute approximate surface area is 136 Å². The largest absolute Gasteiger partial charge is 0.495 e. The lowest BCUT2D eigenvalue weighted by molar-refractivity contribution is -0.125. The van der Waals surface area contributed by atoms with Crippen molar-refractivity contribution in [3.63, 3.8) is 0 Å². The molecule has 23 heavy (non-hydrogen) atoms. The molecule has 2 aromatic rings. The lowest BCUT2D eigenvalue weighted by Crippen LogP contribution is -2.55. The Morgan fingerprint density at radius 2 is 2.04 bits per heavy atom. The first kappa shape index (κ1) is 15.6. The molecule has 0 spiro atoms. The van der Waals surface area contributed by atoms with Gasteiger partial charge in [0, 0.05) is 32.9 Å². The van der Waals surface area contributed by atoms with Gasteiger partial charge in [0.25, 0.3) is 0 Å². The number of piperazine rings is 1. The van der Waals surface area contributed by atoms with Crippen LogP contribution < -0.4 is 9.64 Å². The number of benzene rings is 1. The quantitative estimate of drug-likeness (QED) is 0.861. The van der Waals surface area contributed by atoms with Gasteiger partial charge in [0.1, 0.15) is 5.75 Å². The zero-order valence-electron chi connectivity index (χ0n) is 13.8. The molecule has 1 aromatic carbocycles. The highest BCUT2D eigenvalue weighted by Gasteiger charge is 2.33. The third-order valence-electron chi connectivity index (χ3n) is 4.45. The van der Waals surface area contributed by atoms with E-state index >= 15 is 0 Å². The Balaban J connectivity index is 1.77. The fourth-order valence-electron chi connectivity index (χ4n) is 2.99. The van der Waals surface area contributed by atoms with Crippen LogP contribution in [-0.2, 0) is 18.4 Å². The second kappa shape index (κ2) is 6.42. The minimum absolute atomic E-state index is 0.0999. The van der Waals surface area contributed by atoms with Gasteiger partial charge >= 0.3 is 0 Å². The lowest BCUT2D eigenvalue weighted by atomic mass is 10.1. The van der Waals surface area contributed by atoms with Crippen LogP contribution in [0.5, 0.6) is 5.75 Å². The molecule has 1 aliphatic heterocycles. The van der Waals surface area contributed by atoms with E-state index in [1.807, 2.05) is 53.9 Å². The Kier molecular flexibility index (Phi) is 4.34. The fourth-order valence-corrected chi connectivity index (χ4v) is 2.99. The molecule has 1 saturated heterocycles. The Hall–Kier alpha value is -2.34. The maximum Gasteiger partial charge on any atom is 0.244 e. The van der Waals surface area contributed by atoms with Crippen LogP contribution in [0.2, 0.25) is 0 Å². The van der Waals surface area contributed by atoms with Crippen molar-refractivity contribution in [3.8, 4) is 5.75 Å². The summed E-state index contributed by atoms with van der Waals surface area (Å²) in [5.41, 5.74) is 1.95. The summed E-state index contributed by atoms with van der Waals surface area (Å²) >= 11 is 0. The number of nitrogens with zero attached hydrogens (tertiary/aromatic N) is 4. The van der Waals surface area contributed by atoms with Crippen molar-refractivity contribution in [2.75, 3.05) is 25.1 Å². The SMILES string of the molecule is COc1ccccc1N1CCN(Cc2ccnn2C)[C@H](C)C1=O. The fraction of sp³-hybridized carbons (Fsp3) is 0.412. The second-order valence-corrected chi connectivity index (χ2v) is 5.75. The molecular formula is C17H22N4O2. The number of carbonyl (C=O) groups is 1. The van der Waals surface area contributed by atoms with Gasteiger partial charge in [0.15, 0.2) is 0 Å². The summed E-state index contributed by atoms with van der Waals surface area (Å²) in [7, 11) is 3.55. The predicted molar refractivity (Wildman–Crippen MR) is 88.4 cm³/mol. The summed E-state index contributed by atoms with van der Waals surface area (Å²) in [5.74, 6) is 0.830. The number of hydrogen-bond donors (Lipinski definition) is 0. The van der Waals surface area contributed by atoms with Gasteiger partial charge in [-0.05, 0) is 25.1 Å². The van der Waals surface area contributed by atoms with Gasteiger partial charge in [0.05, 0.1) is 24.5 Å². The standard InChI is InChI=1S/C17H22N4O2/c1-13-17(22)21(15-6-4-5-7-16(15)23-3)11-10-20(13)12-14-8-9-18-19(14)2/h4-9,13H,10-12H2,1-3H3/t13-/m1/s1. The number of ether oxygens (including phenoxy) is 1. The summed E-state index contributed by atoms with van der Waals surface area (Å²) in [5, 5.41) is 4.19. The number of aryl methyl sites for hydroxylation is 1. The van der Waals surface area contributed by atoms with Crippen LogP contribution in [0.4, 0.5) is 5.69 Å². The third kappa shape index (κ3) is 2.94. The lowest BCUT2D eigenvalue weighted by Gasteiger charge is -2.39. The van der Waals surface area contributed by atoms with Crippen LogP contribution in [0, 0.1) is 0 Å². The number of aromatic nitrogens is 2. The van der Waals surface area contributed by atoms with E-state index in [4.69, 9.17) is 4.74 Å². The smallest absolute Gasteiger partial charge is 0.244 e. The van der Waals surface area contributed by atoms with E-state index in [1.165, 1.54) is 0 Å². The van der Waals surface area contributed by atoms with E-state index in [0.717, 1.165) is 30.2 Å². The van der Waals surface area contributed by atoms with Crippen LogP contribution in [0.1, 0.15) is 12.6 Å². The molecule has 0 saturated carbocycles. The molecule has 1 aromatic heterocycles. The number of hydrogen-bond acceptors (Lipinski definition) is 4. The van der Waals surface area contributed by atoms with Gasteiger partial charge in [-0.15, -0.1) is 0 Å². The van der Waals surface area contributed by atoms with E-state index in [0.29, 0.717) is 6.54 Å². The molecule has 0 aliphatic carbocycles. The van der Waals surface area contributed by atoms with Crippen molar-refractivity contribution in [1.82, 2.24) is 14.7 Å². The third-order valence-corrected chi connectivity index (χ3v) is 4.45. The number of anilines is 1. The molecule has 6 heteroatoms. The maximum atomic E-state index is 12.8. The van der Waals surface area contributed by atoms with Crippen LogP contribution in [0.15, 0.2) is 36.5 Å². The molecule has 0 N–H and O–H groups in total. The van der Waals surface area contributed by atoms with Crippen LogP contribution in [0.3, 0.4) is 0 Å². The van der Waals surface area contributed by atoms with Crippen molar-refractivity contribution in [3.05, 3.63) is 42.2 Å². The molecule has 6 nitrogen and oxygen atoms in total. The highest BCUT2D eigenvalue weighted by molar-refractivity contribution is 5.98. The number of methoxy groups -OCH3 is 1. The number of rotatable bonds is 4. The van der Waals surface area contributed by atoms with E-state index in [1.54, 1.807) is 13.3 Å². The highest BCUT2D eigenvalue weighted by Crippen LogP contribution is 2.30. The number of amides is 1. The van der Waals surface area contributed by atoms with Crippen molar-refractivity contribution < 1.29 is 9.53 Å². The van der Waals surface area contributed by atoms with Crippen molar-refractivity contribution in [2.45, 2.75) is 19.5 Å². The number of para-hydroxylation sites is 2. The second-order valence-electron chi connectivity index (χ2n) is 5.75. The minimum Gasteiger partial charge on any atom is -0.495 e. The van der Waals surface area contributed by atoms with Crippen LogP contribution >= 0.6 is 0 Å². The Morgan fingerprint density at radius 3 is 2.74 bits per heavy atom. The van der Waals surface area contributed by atoms with Gasteiger partial charge < -0.3 is 9.64 Å². The first-order valence-corrected chi connectivity index (χ1v) is 7.77. The molecule has 1 atom stereocenters. The predicted octanol–water partition coefficient (Wildman–Crippen LogP) is 1.67. The molecule has 1 amide bonds. The average Bonchev–Trinajstić information content (AvgIpc) is 2.97. The van der Waals surface area contributed by atoms with Crippen molar-refractivity contribution in [2.24, 2.45) is 7.05 Å². The van der Waals surface area contributed by atoms with Crippen LogP contribution in [0.25, 0.3) is 0 Å². The van der Waals surface area contributed by atoms with Crippen molar-refractivity contribution >= 4 is 11.6 Å². The Bertz CT molecular complexity index is 697. The van der Waals surface area contributed by atoms with Gasteiger partial charge in [-0.1, -0.05) is 12.1 Å². The zero-order valence-corrected chi connectivity index (χ0v) is 13.8. The van der Waals surface area contributed by atoms with Crippen LogP contribution in [-0.4, -0.2) is 46.8 Å². The zero-order chi connectivity index (χ0) is 16.4. The van der Waals surface area contributed by atoms with E-state index in [-0.39, 0.29) is 11.9 Å². The maximum absolute atomic E-state index is 12.8. The molecule has 1 aliphatic rings. The summed E-state index contributed by atoms with van der Waals surface area (Å²) in [6, 6.07) is 9.47. The monoisotopic (exact) mass is 314 g/mol. The molecule has 0 radical (unpaired) electrons. The minimum atomic E-state index is -0.177. The molecule has 0 unspecified atom stereocenters. The summed E-state index contributed by atoms with van der Waals surface area (Å²) < 4.78 is 7.24. The molecule has 2 heterocycles. The molecule has 122 valence electrons. The first-order valence-electron chi connectivity index (χ1n) is 7.77. The number of carbonyl (C=O) groups excluding carboxylic acids is 1. The van der Waals surface area contributed by atoms with E-state index in [9.17, 15) is 4.79 Å². The van der Waals surface area contributed by atoms with E-state index in [2.05, 4.69) is 10.00 Å². The van der Waals surface area contributed by atoms with Gasteiger partial charge in [-0.25, -0.2) is 0 Å². The molecular weight excluding hydrogens is 292 g/mol. The van der Waals surface area contributed by atoms with Gasteiger partial charge in [0.2, 0.25) is 5.91 Å². The van der Waals surface area contributed by atoms with Gasteiger partial charge in [-0.2, -0.15) is 5.10 Å². The van der Waals surface area contributed by atoms with Gasteiger partial charge in [-0.3, -0.25) is 14.4 Å². The summed E-state index contributed by atoms with van der Waals surface area (Å²) in [4.78, 5) is 16.8.